The molecule has 1 aliphatic heterocycles. The van der Waals surface area contributed by atoms with Crippen LogP contribution in [0.3, 0.4) is 0 Å². The zero-order valence-electron chi connectivity index (χ0n) is 22.3. The lowest BCUT2D eigenvalue weighted by Gasteiger charge is -2.28. The number of nitrogens with one attached hydrogen (secondary N) is 4. The minimum absolute atomic E-state index is 0.0121. The van der Waals surface area contributed by atoms with Crippen LogP contribution in [0.5, 0.6) is 0 Å². The number of halogens is 1. The predicted molar refractivity (Wildman–Crippen MR) is 145 cm³/mol. The Morgan fingerprint density at radius 1 is 1.15 bits per heavy atom. The van der Waals surface area contributed by atoms with Gasteiger partial charge in [-0.05, 0) is 61.3 Å². The van der Waals surface area contributed by atoms with Crippen molar-refractivity contribution in [3.05, 3.63) is 40.4 Å². The molecule has 3 atom stereocenters. The Morgan fingerprint density at radius 3 is 2.44 bits per heavy atom. The Kier molecular flexibility index (Phi) is 9.86. The molecule has 2 unspecified atom stereocenters. The lowest BCUT2D eigenvalue weighted by Crippen LogP contribution is -2.55. The van der Waals surface area contributed by atoms with E-state index in [1.807, 2.05) is 26.8 Å². The Balaban J connectivity index is 1.74. The van der Waals surface area contributed by atoms with E-state index < -0.39 is 41.5 Å². The number of hydrogen-bond acceptors (Lipinski definition) is 6. The van der Waals surface area contributed by atoms with Gasteiger partial charge in [-0.25, -0.2) is 0 Å². The first-order chi connectivity index (χ1) is 18.4. The molecule has 1 heterocycles. The van der Waals surface area contributed by atoms with Gasteiger partial charge in [-0.15, -0.1) is 0 Å². The van der Waals surface area contributed by atoms with Gasteiger partial charge in [0, 0.05) is 29.6 Å². The highest BCUT2D eigenvalue weighted by atomic mass is 35.5. The van der Waals surface area contributed by atoms with Crippen molar-refractivity contribution in [2.75, 3.05) is 6.54 Å². The van der Waals surface area contributed by atoms with Crippen molar-refractivity contribution >= 4 is 47.1 Å². The fraction of sp³-hybridized carbons (Fsp3) is 0.500. The maximum atomic E-state index is 13.4. The third kappa shape index (κ3) is 9.21. The average molecular weight is 556 g/mol. The summed E-state index contributed by atoms with van der Waals surface area (Å²) in [7, 11) is 0. The number of rotatable bonds is 11. The molecule has 4 N–H and O–H groups in total. The highest BCUT2D eigenvalue weighted by Crippen LogP contribution is 2.23. The number of amides is 4. The van der Waals surface area contributed by atoms with Crippen LogP contribution in [0.1, 0.15) is 64.0 Å². The molecule has 11 heteroatoms. The maximum Gasteiger partial charge on any atom is 0.289 e. The number of hydrogen-bond donors (Lipinski definition) is 4. The van der Waals surface area contributed by atoms with Gasteiger partial charge in [0.25, 0.3) is 5.91 Å². The van der Waals surface area contributed by atoms with Crippen LogP contribution in [0.25, 0.3) is 6.08 Å². The van der Waals surface area contributed by atoms with E-state index in [0.717, 1.165) is 12.8 Å². The minimum atomic E-state index is -1.21. The molecule has 0 aromatic heterocycles. The second kappa shape index (κ2) is 12.9. The van der Waals surface area contributed by atoms with Gasteiger partial charge in [0.1, 0.15) is 6.04 Å². The van der Waals surface area contributed by atoms with E-state index in [4.69, 9.17) is 16.9 Å². The van der Waals surface area contributed by atoms with E-state index in [-0.39, 0.29) is 30.2 Å². The zero-order valence-corrected chi connectivity index (χ0v) is 23.1. The SMILES string of the molecule is CC(C)(C)C[C@H](NC(=O)/C=C/c1ccc(C#N)cc1Cl)C(=O)NC(CC1CCNC1=O)C(=O)C(=O)NC1CC1. The summed E-state index contributed by atoms with van der Waals surface area (Å²) in [4.78, 5) is 63.9. The molecule has 0 radical (unpaired) electrons. The number of ketones is 1. The van der Waals surface area contributed by atoms with Crippen LogP contribution in [-0.4, -0.2) is 54.1 Å². The van der Waals surface area contributed by atoms with Crippen molar-refractivity contribution in [3.8, 4) is 6.07 Å². The number of carbonyl (C=O) groups excluding carboxylic acids is 5. The van der Waals surface area contributed by atoms with Gasteiger partial charge < -0.3 is 21.3 Å². The Hall–Kier alpha value is -3.71. The third-order valence-electron chi connectivity index (χ3n) is 6.45. The van der Waals surface area contributed by atoms with Gasteiger partial charge in [-0.1, -0.05) is 38.4 Å². The zero-order chi connectivity index (χ0) is 28.7. The molecule has 1 saturated carbocycles. The number of Topliss-reactive ketones (excluding diaryl/α,β-unsaturated/α-hetero) is 1. The second-order valence-corrected chi connectivity index (χ2v) is 11.6. The smallest absolute Gasteiger partial charge is 0.289 e. The molecule has 0 bridgehead atoms. The van der Waals surface area contributed by atoms with Crippen LogP contribution in [0.2, 0.25) is 5.02 Å². The highest BCUT2D eigenvalue weighted by Gasteiger charge is 2.37. The molecule has 3 rings (SSSR count). The largest absolute Gasteiger partial charge is 0.356 e. The Labute approximate surface area is 232 Å². The quantitative estimate of drug-likeness (QED) is 0.241. The Morgan fingerprint density at radius 2 is 1.87 bits per heavy atom. The summed E-state index contributed by atoms with van der Waals surface area (Å²) in [6, 6.07) is 4.37. The van der Waals surface area contributed by atoms with Crippen LogP contribution < -0.4 is 21.3 Å². The van der Waals surface area contributed by atoms with Gasteiger partial charge in [0.05, 0.1) is 17.7 Å². The summed E-state index contributed by atoms with van der Waals surface area (Å²) in [5, 5.41) is 19.9. The van der Waals surface area contributed by atoms with Crippen LogP contribution in [0.15, 0.2) is 24.3 Å². The lowest BCUT2D eigenvalue weighted by atomic mass is 9.87. The van der Waals surface area contributed by atoms with E-state index in [1.54, 1.807) is 12.1 Å². The van der Waals surface area contributed by atoms with Crippen LogP contribution in [0, 0.1) is 22.7 Å². The molecule has 1 aromatic rings. The summed E-state index contributed by atoms with van der Waals surface area (Å²) in [6.45, 7) is 6.17. The summed E-state index contributed by atoms with van der Waals surface area (Å²) >= 11 is 6.17. The first-order valence-electron chi connectivity index (χ1n) is 13.0. The number of nitriles is 1. The van der Waals surface area contributed by atoms with Crippen LogP contribution in [0.4, 0.5) is 0 Å². The normalized spacial score (nSPS) is 18.5. The molecule has 1 saturated heterocycles. The first-order valence-corrected chi connectivity index (χ1v) is 13.3. The third-order valence-corrected chi connectivity index (χ3v) is 6.77. The van der Waals surface area contributed by atoms with Gasteiger partial charge in [0.15, 0.2) is 0 Å². The van der Waals surface area contributed by atoms with Gasteiger partial charge >= 0.3 is 0 Å². The number of nitrogens with zero attached hydrogens (tertiary/aromatic N) is 1. The molecule has 208 valence electrons. The fourth-order valence-electron chi connectivity index (χ4n) is 4.24. The fourth-order valence-corrected chi connectivity index (χ4v) is 4.48. The number of benzene rings is 1. The predicted octanol–water partition coefficient (Wildman–Crippen LogP) is 2.00. The van der Waals surface area contributed by atoms with Crippen LogP contribution >= 0.6 is 11.6 Å². The highest BCUT2D eigenvalue weighted by molar-refractivity contribution is 6.38. The topological polar surface area (TPSA) is 157 Å². The second-order valence-electron chi connectivity index (χ2n) is 11.2. The van der Waals surface area contributed by atoms with Gasteiger partial charge in [-0.2, -0.15) is 5.26 Å². The van der Waals surface area contributed by atoms with E-state index in [1.165, 1.54) is 18.2 Å². The molecule has 1 aromatic carbocycles. The van der Waals surface area contributed by atoms with Crippen molar-refractivity contribution in [2.45, 2.75) is 71.0 Å². The molecule has 2 fully saturated rings. The molecular weight excluding hydrogens is 522 g/mol. The average Bonchev–Trinajstić information content (AvgIpc) is 3.59. The maximum absolute atomic E-state index is 13.4. The van der Waals surface area contributed by atoms with Crippen molar-refractivity contribution in [1.82, 2.24) is 21.3 Å². The molecule has 0 spiro atoms. The first kappa shape index (κ1) is 29.8. The molecule has 2 aliphatic rings. The van der Waals surface area contributed by atoms with Crippen LogP contribution in [-0.2, 0) is 24.0 Å². The van der Waals surface area contributed by atoms with E-state index in [2.05, 4.69) is 21.3 Å². The van der Waals surface area contributed by atoms with Gasteiger partial charge in [0.2, 0.25) is 23.5 Å². The Bertz CT molecular complexity index is 1210. The number of carbonyl (C=O) groups is 5. The monoisotopic (exact) mass is 555 g/mol. The van der Waals surface area contributed by atoms with E-state index in [9.17, 15) is 24.0 Å². The summed E-state index contributed by atoms with van der Waals surface area (Å²) in [5.41, 5.74) is 0.530. The van der Waals surface area contributed by atoms with E-state index >= 15 is 0 Å². The van der Waals surface area contributed by atoms with Crippen molar-refractivity contribution in [1.29, 1.82) is 5.26 Å². The molecule has 39 heavy (non-hydrogen) atoms. The van der Waals surface area contributed by atoms with E-state index in [0.29, 0.717) is 29.1 Å². The van der Waals surface area contributed by atoms with Crippen molar-refractivity contribution < 1.29 is 24.0 Å². The van der Waals surface area contributed by atoms with Crippen molar-refractivity contribution in [3.63, 3.8) is 0 Å². The summed E-state index contributed by atoms with van der Waals surface area (Å²) in [6.07, 6.45) is 5.01. The molecule has 10 nitrogen and oxygen atoms in total. The van der Waals surface area contributed by atoms with Gasteiger partial charge in [-0.3, -0.25) is 24.0 Å². The molecule has 1 aliphatic carbocycles. The summed E-state index contributed by atoms with van der Waals surface area (Å²) in [5.74, 6) is -3.53. The lowest BCUT2D eigenvalue weighted by molar-refractivity contribution is -0.141. The molecule has 4 amide bonds. The minimum Gasteiger partial charge on any atom is -0.356 e. The standard InChI is InChI=1S/C28H34ClN5O5/c1-28(2,3)14-22(33-23(35)9-6-17-5-4-16(15-30)12-20(17)29)26(38)34-21(13-18-10-11-31-25(18)37)24(36)27(39)32-19-7-8-19/h4-6,9,12,18-19,21-22H,7-8,10-11,13-14H2,1-3H3,(H,31,37)(H,32,39)(H,33,35)(H,34,38)/b9-6+/t18?,21?,22-/m0/s1. The van der Waals surface area contributed by atoms with Crippen molar-refractivity contribution in [2.24, 2.45) is 11.3 Å². The molecular formula is C28H34ClN5O5. The summed E-state index contributed by atoms with van der Waals surface area (Å²) < 4.78 is 0.